The standard InChI is InChI=1S/C47H77O14P/c1-3-5-6-7-8-9-10-11-12-16-19-22-25-28-31-34-40(49)58-36-39(37-59-62(56,57)61-47-45(54)43(52)42(51)44(53)46(47)55)60-41(50)35-32-29-26-23-20-17-14-13-15-18-21-24-27-30-33-38(48)4-2/h5-6,8-9,11-12,14-15,17-18,23-24,26-27,38-39,42-48,51-55H,3-4,7,10,13,16,19-22,25,28-37H2,1-2H3,(H,56,57)/b6-5-,9-8-,12-11-,17-14-,18-15-,26-23-,27-24-/t38-,39-,42?,43-,44+,45-,46-,47?/m1/s1. The highest BCUT2D eigenvalue weighted by atomic mass is 31.2. The van der Waals surface area contributed by atoms with Crippen LogP contribution in [0.5, 0.6) is 0 Å². The number of phosphoric acid groups is 1. The molecule has 7 N–H and O–H groups in total. The van der Waals surface area contributed by atoms with Crippen LogP contribution in [-0.2, 0) is 32.7 Å². The summed E-state index contributed by atoms with van der Waals surface area (Å²) in [6.07, 6.45) is 30.1. The number of carbonyl (C=O) groups is 2. The number of carbonyl (C=O) groups excluding carboxylic acids is 2. The van der Waals surface area contributed by atoms with Gasteiger partial charge in [0.15, 0.2) is 6.10 Å². The maximum Gasteiger partial charge on any atom is 0.472 e. The summed E-state index contributed by atoms with van der Waals surface area (Å²) in [6.45, 7) is 2.83. The molecule has 1 saturated carbocycles. The van der Waals surface area contributed by atoms with Crippen LogP contribution in [0.25, 0.3) is 0 Å². The van der Waals surface area contributed by atoms with Crippen LogP contribution < -0.4 is 0 Å². The number of allylic oxidation sites excluding steroid dienone is 14. The molecule has 15 heteroatoms. The number of ether oxygens (including phenoxy) is 2. The van der Waals surface area contributed by atoms with E-state index in [0.717, 1.165) is 89.9 Å². The van der Waals surface area contributed by atoms with Gasteiger partial charge in [-0.1, -0.05) is 118 Å². The maximum atomic E-state index is 12.8. The Morgan fingerprint density at radius 3 is 1.56 bits per heavy atom. The van der Waals surface area contributed by atoms with Crippen molar-refractivity contribution in [3.8, 4) is 0 Å². The van der Waals surface area contributed by atoms with E-state index < -0.39 is 75.7 Å². The predicted octanol–water partition coefficient (Wildman–Crippen LogP) is 7.47. The Bertz CT molecular complexity index is 1420. The average Bonchev–Trinajstić information content (AvgIpc) is 3.25. The lowest BCUT2D eigenvalue weighted by molar-refractivity contribution is -0.220. The van der Waals surface area contributed by atoms with E-state index >= 15 is 0 Å². The van der Waals surface area contributed by atoms with E-state index in [9.17, 15) is 49.7 Å². The van der Waals surface area contributed by atoms with Crippen molar-refractivity contribution < 1.29 is 68.2 Å². The van der Waals surface area contributed by atoms with Gasteiger partial charge in [0.05, 0.1) is 12.7 Å². The Hall–Kier alpha value is -3.01. The van der Waals surface area contributed by atoms with Crippen LogP contribution in [0.3, 0.4) is 0 Å². The van der Waals surface area contributed by atoms with Gasteiger partial charge < -0.3 is 45.0 Å². The van der Waals surface area contributed by atoms with Gasteiger partial charge in [-0.3, -0.25) is 18.6 Å². The van der Waals surface area contributed by atoms with E-state index in [0.29, 0.717) is 19.3 Å². The fraction of sp³-hybridized carbons (Fsp3) is 0.660. The average molecular weight is 897 g/mol. The van der Waals surface area contributed by atoms with Gasteiger partial charge in [-0.05, 0) is 89.9 Å². The number of aliphatic hydroxyl groups excluding tert-OH is 6. The lowest BCUT2D eigenvalue weighted by atomic mass is 9.85. The normalized spacial score (nSPS) is 23.2. The molecule has 1 rings (SSSR count). The number of rotatable bonds is 35. The summed E-state index contributed by atoms with van der Waals surface area (Å²) in [5, 5.41) is 59.7. The zero-order chi connectivity index (χ0) is 45.9. The van der Waals surface area contributed by atoms with Gasteiger partial charge in [-0.15, -0.1) is 0 Å². The summed E-state index contributed by atoms with van der Waals surface area (Å²) in [5.74, 6) is -1.21. The summed E-state index contributed by atoms with van der Waals surface area (Å²) in [7, 11) is -5.15. The van der Waals surface area contributed by atoms with Crippen molar-refractivity contribution in [2.45, 2.75) is 185 Å². The molecular formula is C47H77O14P. The number of esters is 2. The molecule has 1 aliphatic carbocycles. The van der Waals surface area contributed by atoms with Crippen LogP contribution in [0.2, 0.25) is 0 Å². The molecule has 1 fully saturated rings. The summed E-state index contributed by atoms with van der Waals surface area (Å²) < 4.78 is 33.4. The van der Waals surface area contributed by atoms with Gasteiger partial charge in [0.2, 0.25) is 0 Å². The topological polar surface area (TPSA) is 230 Å². The Labute approximate surface area is 370 Å². The first-order valence-electron chi connectivity index (χ1n) is 22.5. The number of unbranched alkanes of at least 4 members (excludes halogenated alkanes) is 6. The van der Waals surface area contributed by atoms with E-state index in [1.807, 2.05) is 25.2 Å². The third-order valence-corrected chi connectivity index (χ3v) is 10.9. The van der Waals surface area contributed by atoms with Crippen molar-refractivity contribution in [3.05, 3.63) is 85.1 Å². The van der Waals surface area contributed by atoms with Crippen LogP contribution in [0, 0.1) is 0 Å². The molecule has 1 aliphatic rings. The summed E-state index contributed by atoms with van der Waals surface area (Å²) >= 11 is 0. The summed E-state index contributed by atoms with van der Waals surface area (Å²) in [5.41, 5.74) is 0. The van der Waals surface area contributed by atoms with Gasteiger partial charge in [0, 0.05) is 12.8 Å². The zero-order valence-electron chi connectivity index (χ0n) is 37.0. The van der Waals surface area contributed by atoms with E-state index in [1.54, 1.807) is 0 Å². The molecule has 354 valence electrons. The van der Waals surface area contributed by atoms with E-state index in [4.69, 9.17) is 18.5 Å². The minimum absolute atomic E-state index is 0.00131. The number of hydrogen-bond donors (Lipinski definition) is 7. The first-order chi connectivity index (χ1) is 29.8. The quantitative estimate of drug-likeness (QED) is 0.0142. The molecule has 0 aromatic rings. The molecule has 0 heterocycles. The summed E-state index contributed by atoms with van der Waals surface area (Å²) in [4.78, 5) is 35.6. The van der Waals surface area contributed by atoms with Crippen LogP contribution in [0.1, 0.15) is 136 Å². The van der Waals surface area contributed by atoms with E-state index in [-0.39, 0.29) is 18.9 Å². The van der Waals surface area contributed by atoms with Crippen molar-refractivity contribution in [2.24, 2.45) is 0 Å². The number of hydrogen-bond acceptors (Lipinski definition) is 13. The van der Waals surface area contributed by atoms with Gasteiger partial charge in [-0.25, -0.2) is 4.57 Å². The van der Waals surface area contributed by atoms with Crippen molar-refractivity contribution in [1.82, 2.24) is 0 Å². The van der Waals surface area contributed by atoms with Crippen molar-refractivity contribution in [1.29, 1.82) is 0 Å². The second-order valence-corrected chi connectivity index (χ2v) is 16.7. The van der Waals surface area contributed by atoms with Crippen LogP contribution in [-0.4, -0.2) is 110 Å². The number of phosphoric ester groups is 1. The monoisotopic (exact) mass is 897 g/mol. The fourth-order valence-corrected chi connectivity index (χ4v) is 7.07. The molecule has 0 aliphatic heterocycles. The van der Waals surface area contributed by atoms with E-state index in [2.05, 4.69) is 73.8 Å². The van der Waals surface area contributed by atoms with Crippen molar-refractivity contribution in [2.75, 3.05) is 13.2 Å². The molecule has 0 spiro atoms. The molecule has 0 radical (unpaired) electrons. The number of aliphatic hydroxyl groups is 6. The highest BCUT2D eigenvalue weighted by molar-refractivity contribution is 7.47. The SMILES string of the molecule is CC/C=C\C/C=C\C/C=C\CCCCCCCC(=O)OC[C@H](COP(=O)(O)OC1[C@H](O)[C@H](O)C(O)[C@H](O)[C@H]1O)OC(=O)CCC/C=C\C/C=C\C/C=C\C/C=C\CC[C@H](O)CC. The molecule has 9 atom stereocenters. The minimum Gasteiger partial charge on any atom is -0.462 e. The van der Waals surface area contributed by atoms with Crippen molar-refractivity contribution >= 4 is 19.8 Å². The van der Waals surface area contributed by atoms with Gasteiger partial charge in [0.1, 0.15) is 43.2 Å². The molecule has 0 aromatic heterocycles. The molecule has 0 saturated heterocycles. The van der Waals surface area contributed by atoms with Crippen LogP contribution in [0.4, 0.5) is 0 Å². The second kappa shape index (κ2) is 36.3. The molecule has 0 amide bonds. The van der Waals surface area contributed by atoms with Crippen LogP contribution >= 0.6 is 7.82 Å². The molecule has 14 nitrogen and oxygen atoms in total. The van der Waals surface area contributed by atoms with Gasteiger partial charge >= 0.3 is 19.8 Å². The molecule has 62 heavy (non-hydrogen) atoms. The Balaban J connectivity index is 2.54. The molecule has 0 aromatic carbocycles. The summed E-state index contributed by atoms with van der Waals surface area (Å²) in [6, 6.07) is 0. The third-order valence-electron chi connectivity index (χ3n) is 9.88. The maximum absolute atomic E-state index is 12.8. The minimum atomic E-state index is -5.15. The van der Waals surface area contributed by atoms with Crippen molar-refractivity contribution in [3.63, 3.8) is 0 Å². The molecule has 3 unspecified atom stereocenters. The predicted molar refractivity (Wildman–Crippen MR) is 241 cm³/mol. The lowest BCUT2D eigenvalue weighted by Crippen LogP contribution is -2.64. The second-order valence-electron chi connectivity index (χ2n) is 15.3. The van der Waals surface area contributed by atoms with Crippen LogP contribution in [0.15, 0.2) is 85.1 Å². The smallest absolute Gasteiger partial charge is 0.462 e. The van der Waals surface area contributed by atoms with E-state index in [1.165, 1.54) is 0 Å². The lowest BCUT2D eigenvalue weighted by Gasteiger charge is -2.41. The highest BCUT2D eigenvalue weighted by Crippen LogP contribution is 2.47. The fourth-order valence-electron chi connectivity index (χ4n) is 6.10. The highest BCUT2D eigenvalue weighted by Gasteiger charge is 2.51. The zero-order valence-corrected chi connectivity index (χ0v) is 37.9. The Morgan fingerprint density at radius 2 is 1.02 bits per heavy atom. The van der Waals surface area contributed by atoms with Gasteiger partial charge in [0.25, 0.3) is 0 Å². The van der Waals surface area contributed by atoms with Gasteiger partial charge in [-0.2, -0.15) is 0 Å². The molecule has 0 bridgehead atoms. The first-order valence-corrected chi connectivity index (χ1v) is 24.0. The molecular weight excluding hydrogens is 819 g/mol. The Morgan fingerprint density at radius 1 is 0.565 bits per heavy atom. The third kappa shape index (κ3) is 28.6. The first kappa shape index (κ1) is 57.0. The Kier molecular flexibility index (Phi) is 33.4. The largest absolute Gasteiger partial charge is 0.472 e.